The number of carbonyl (C=O) groups excluding carboxylic acids is 1. The summed E-state index contributed by atoms with van der Waals surface area (Å²) in [5, 5.41) is 0.753. The molecule has 0 spiro atoms. The first-order valence-corrected chi connectivity index (χ1v) is 5.28. The monoisotopic (exact) mass is 208 g/mol. The Balaban J connectivity index is 2.30. The number of carbonyl (C=O) groups is 1. The quantitative estimate of drug-likeness (QED) is 0.698. The Labute approximate surface area is 89.1 Å². The van der Waals surface area contributed by atoms with E-state index in [1.807, 2.05) is 31.2 Å². The third-order valence-electron chi connectivity index (χ3n) is 3.28. The largest absolute Gasteiger partial charge is 0.303 e. The summed E-state index contributed by atoms with van der Waals surface area (Å²) >= 11 is 5.83. The van der Waals surface area contributed by atoms with Crippen LogP contribution in [0.5, 0.6) is 0 Å². The molecular formula is C12H13ClO. The molecule has 2 heteroatoms. The van der Waals surface area contributed by atoms with E-state index in [0.717, 1.165) is 24.2 Å². The highest BCUT2D eigenvalue weighted by molar-refractivity contribution is 6.30. The van der Waals surface area contributed by atoms with Gasteiger partial charge in [-0.05, 0) is 30.5 Å². The zero-order valence-electron chi connectivity index (χ0n) is 8.16. The van der Waals surface area contributed by atoms with Crippen LogP contribution >= 0.6 is 11.6 Å². The molecule has 1 aromatic rings. The minimum absolute atomic E-state index is 0.115. The van der Waals surface area contributed by atoms with Gasteiger partial charge in [0.25, 0.3) is 0 Å². The number of aldehydes is 1. The minimum Gasteiger partial charge on any atom is -0.303 e. The maximum atomic E-state index is 10.8. The second-order valence-electron chi connectivity index (χ2n) is 4.09. The Bertz CT molecular complexity index is 338. The molecule has 0 bridgehead atoms. The van der Waals surface area contributed by atoms with Crippen molar-refractivity contribution in [2.75, 3.05) is 0 Å². The highest BCUT2D eigenvalue weighted by Crippen LogP contribution is 2.53. The molecule has 0 N–H and O–H groups in total. The van der Waals surface area contributed by atoms with Gasteiger partial charge in [-0.25, -0.2) is 0 Å². The van der Waals surface area contributed by atoms with Crippen molar-refractivity contribution in [1.29, 1.82) is 0 Å². The van der Waals surface area contributed by atoms with Crippen LogP contribution < -0.4 is 0 Å². The van der Waals surface area contributed by atoms with E-state index in [0.29, 0.717) is 0 Å². The molecule has 0 aromatic heterocycles. The lowest BCUT2D eigenvalue weighted by atomic mass is 9.85. The Hall–Kier alpha value is -0.820. The molecule has 1 saturated carbocycles. The summed E-state index contributed by atoms with van der Waals surface area (Å²) in [5.74, 6) is 0.115. The summed E-state index contributed by atoms with van der Waals surface area (Å²) in [6.45, 7) is 1.99. The summed E-state index contributed by atoms with van der Waals surface area (Å²) in [7, 11) is 0. The molecule has 1 nitrogen and oxygen atoms in total. The predicted octanol–water partition coefficient (Wildman–Crippen LogP) is 3.21. The maximum absolute atomic E-state index is 10.8. The van der Waals surface area contributed by atoms with Crippen molar-refractivity contribution in [3.63, 3.8) is 0 Å². The van der Waals surface area contributed by atoms with Crippen molar-refractivity contribution in [2.24, 2.45) is 5.92 Å². The Kier molecular flexibility index (Phi) is 2.36. The summed E-state index contributed by atoms with van der Waals surface area (Å²) in [4.78, 5) is 10.8. The average molecular weight is 209 g/mol. The number of benzene rings is 1. The van der Waals surface area contributed by atoms with Gasteiger partial charge in [-0.3, -0.25) is 0 Å². The fourth-order valence-corrected chi connectivity index (χ4v) is 2.18. The van der Waals surface area contributed by atoms with Crippen LogP contribution in [0.2, 0.25) is 5.02 Å². The van der Waals surface area contributed by atoms with Gasteiger partial charge in [0.05, 0.1) is 0 Å². The van der Waals surface area contributed by atoms with Gasteiger partial charge in [0.15, 0.2) is 0 Å². The van der Waals surface area contributed by atoms with Crippen molar-refractivity contribution in [3.8, 4) is 0 Å². The minimum atomic E-state index is 0.115. The van der Waals surface area contributed by atoms with Gasteiger partial charge in [-0.15, -0.1) is 0 Å². The lowest BCUT2D eigenvalue weighted by molar-refractivity contribution is -0.111. The highest BCUT2D eigenvalue weighted by Gasteiger charge is 2.48. The van der Waals surface area contributed by atoms with Crippen molar-refractivity contribution in [1.82, 2.24) is 0 Å². The molecule has 14 heavy (non-hydrogen) atoms. The van der Waals surface area contributed by atoms with Crippen molar-refractivity contribution in [2.45, 2.75) is 25.2 Å². The third kappa shape index (κ3) is 1.46. The number of halogens is 1. The van der Waals surface area contributed by atoms with E-state index >= 15 is 0 Å². The van der Waals surface area contributed by atoms with Gasteiger partial charge in [0.2, 0.25) is 0 Å². The topological polar surface area (TPSA) is 17.1 Å². The maximum Gasteiger partial charge on any atom is 0.123 e. The van der Waals surface area contributed by atoms with Gasteiger partial charge in [0.1, 0.15) is 6.29 Å². The molecule has 0 saturated heterocycles. The van der Waals surface area contributed by atoms with Gasteiger partial charge in [0, 0.05) is 16.4 Å². The first-order chi connectivity index (χ1) is 6.69. The SMILES string of the molecule is CC(C=O)C1(c2ccc(Cl)cc2)CC1. The number of hydrogen-bond acceptors (Lipinski definition) is 1. The fraction of sp³-hybridized carbons (Fsp3) is 0.417. The molecule has 1 aromatic carbocycles. The molecule has 2 rings (SSSR count). The highest BCUT2D eigenvalue weighted by atomic mass is 35.5. The van der Waals surface area contributed by atoms with Crippen LogP contribution in [0.1, 0.15) is 25.3 Å². The van der Waals surface area contributed by atoms with E-state index in [9.17, 15) is 4.79 Å². The Morgan fingerprint density at radius 1 is 1.36 bits per heavy atom. The first-order valence-electron chi connectivity index (χ1n) is 4.90. The van der Waals surface area contributed by atoms with Crippen molar-refractivity contribution in [3.05, 3.63) is 34.9 Å². The molecule has 1 fully saturated rings. The van der Waals surface area contributed by atoms with E-state index in [4.69, 9.17) is 11.6 Å². The molecule has 0 heterocycles. The van der Waals surface area contributed by atoms with Crippen LogP contribution in [-0.4, -0.2) is 6.29 Å². The van der Waals surface area contributed by atoms with Gasteiger partial charge >= 0.3 is 0 Å². The van der Waals surface area contributed by atoms with E-state index < -0.39 is 0 Å². The Morgan fingerprint density at radius 2 is 1.93 bits per heavy atom. The lowest BCUT2D eigenvalue weighted by Crippen LogP contribution is -2.18. The van der Waals surface area contributed by atoms with Crippen LogP contribution in [-0.2, 0) is 10.2 Å². The zero-order valence-corrected chi connectivity index (χ0v) is 8.92. The van der Waals surface area contributed by atoms with Crippen LogP contribution in [0.3, 0.4) is 0 Å². The van der Waals surface area contributed by atoms with E-state index in [1.165, 1.54) is 5.56 Å². The van der Waals surface area contributed by atoms with Gasteiger partial charge in [-0.1, -0.05) is 30.7 Å². The Morgan fingerprint density at radius 3 is 2.36 bits per heavy atom. The second-order valence-corrected chi connectivity index (χ2v) is 4.52. The molecule has 0 radical (unpaired) electrons. The van der Waals surface area contributed by atoms with Crippen LogP contribution in [0.15, 0.2) is 24.3 Å². The summed E-state index contributed by atoms with van der Waals surface area (Å²) in [6, 6.07) is 7.87. The molecule has 0 amide bonds. The van der Waals surface area contributed by atoms with E-state index in [1.54, 1.807) is 0 Å². The molecule has 1 aliphatic carbocycles. The van der Waals surface area contributed by atoms with Crippen LogP contribution in [0.25, 0.3) is 0 Å². The molecule has 1 atom stereocenters. The van der Waals surface area contributed by atoms with Crippen molar-refractivity contribution < 1.29 is 4.79 Å². The molecule has 1 aliphatic rings. The summed E-state index contributed by atoms with van der Waals surface area (Å²) < 4.78 is 0. The molecular weight excluding hydrogens is 196 g/mol. The normalized spacial score (nSPS) is 20.1. The zero-order chi connectivity index (χ0) is 10.2. The molecule has 1 unspecified atom stereocenters. The predicted molar refractivity (Wildman–Crippen MR) is 57.6 cm³/mol. The number of hydrogen-bond donors (Lipinski definition) is 0. The standard InChI is InChI=1S/C12H13ClO/c1-9(8-14)12(6-7-12)10-2-4-11(13)5-3-10/h2-5,8-9H,6-7H2,1H3. The smallest absolute Gasteiger partial charge is 0.123 e. The van der Waals surface area contributed by atoms with Crippen LogP contribution in [0, 0.1) is 5.92 Å². The summed E-state index contributed by atoms with van der Waals surface area (Å²) in [6.07, 6.45) is 3.30. The van der Waals surface area contributed by atoms with Crippen LogP contribution in [0.4, 0.5) is 0 Å². The first kappa shape index (κ1) is 9.72. The lowest BCUT2D eigenvalue weighted by Gasteiger charge is -2.18. The number of rotatable bonds is 3. The van der Waals surface area contributed by atoms with Crippen molar-refractivity contribution >= 4 is 17.9 Å². The molecule has 0 aliphatic heterocycles. The van der Waals surface area contributed by atoms with Gasteiger partial charge in [-0.2, -0.15) is 0 Å². The average Bonchev–Trinajstić information content (AvgIpc) is 2.99. The third-order valence-corrected chi connectivity index (χ3v) is 3.54. The van der Waals surface area contributed by atoms with E-state index in [-0.39, 0.29) is 11.3 Å². The fourth-order valence-electron chi connectivity index (χ4n) is 2.05. The second kappa shape index (κ2) is 3.39. The summed E-state index contributed by atoms with van der Waals surface area (Å²) in [5.41, 5.74) is 1.37. The van der Waals surface area contributed by atoms with E-state index in [2.05, 4.69) is 0 Å². The van der Waals surface area contributed by atoms with Gasteiger partial charge < -0.3 is 4.79 Å². The molecule has 74 valence electrons.